The Bertz CT molecular complexity index is 164. The summed E-state index contributed by atoms with van der Waals surface area (Å²) in [7, 11) is 3.91. The van der Waals surface area contributed by atoms with Gasteiger partial charge in [-0.2, -0.15) is 0 Å². The van der Waals surface area contributed by atoms with Crippen LogP contribution in [0.5, 0.6) is 0 Å². The van der Waals surface area contributed by atoms with Crippen LogP contribution in [-0.2, 0) is 0 Å². The topological polar surface area (TPSA) is 44.9 Å². The molecule has 4 heteroatoms. The van der Waals surface area contributed by atoms with Crippen LogP contribution in [0.15, 0.2) is 17.4 Å². The summed E-state index contributed by atoms with van der Waals surface area (Å²) >= 11 is 0. The minimum atomic E-state index is 0.326. The molecule has 0 rings (SSSR count). The van der Waals surface area contributed by atoms with Crippen molar-refractivity contribution in [1.82, 2.24) is 10.0 Å². The van der Waals surface area contributed by atoms with Crippen LogP contribution in [0.25, 0.3) is 0 Å². The predicted octanol–water partition coefficient (Wildman–Crippen LogP) is 0.633. The Kier molecular flexibility index (Phi) is 5.12. The third-order valence-corrected chi connectivity index (χ3v) is 1.48. The van der Waals surface area contributed by atoms with Gasteiger partial charge in [0.15, 0.2) is 0 Å². The van der Waals surface area contributed by atoms with E-state index in [0.717, 1.165) is 13.0 Å². The van der Waals surface area contributed by atoms with Gasteiger partial charge in [-0.15, -0.1) is 0 Å². The molecular formula is C8H18N4. The summed E-state index contributed by atoms with van der Waals surface area (Å²) in [6.45, 7) is 6.59. The van der Waals surface area contributed by atoms with Gasteiger partial charge in [0.2, 0.25) is 0 Å². The first-order valence-electron chi connectivity index (χ1n) is 4.00. The number of nitrogens with zero attached hydrogens (tertiary/aromatic N) is 3. The second-order valence-electron chi connectivity index (χ2n) is 2.69. The van der Waals surface area contributed by atoms with Crippen molar-refractivity contribution in [2.24, 2.45) is 10.7 Å². The van der Waals surface area contributed by atoms with Gasteiger partial charge in [-0.1, -0.05) is 13.5 Å². The van der Waals surface area contributed by atoms with E-state index < -0.39 is 0 Å². The molecule has 0 aliphatic carbocycles. The fourth-order valence-corrected chi connectivity index (χ4v) is 0.727. The van der Waals surface area contributed by atoms with E-state index in [9.17, 15) is 0 Å². The van der Waals surface area contributed by atoms with E-state index in [-0.39, 0.29) is 0 Å². The molecule has 0 bridgehead atoms. The lowest BCUT2D eigenvalue weighted by Gasteiger charge is -2.25. The highest BCUT2D eigenvalue weighted by Gasteiger charge is 1.98. The predicted molar refractivity (Wildman–Crippen MR) is 52.5 cm³/mol. The molecule has 0 aromatic carbocycles. The van der Waals surface area contributed by atoms with Crippen molar-refractivity contribution in [1.29, 1.82) is 0 Å². The van der Waals surface area contributed by atoms with Gasteiger partial charge < -0.3 is 5.73 Å². The molecule has 0 aliphatic rings. The Morgan fingerprint density at radius 2 is 2.17 bits per heavy atom. The minimum Gasteiger partial charge on any atom is -0.384 e. The summed E-state index contributed by atoms with van der Waals surface area (Å²) < 4.78 is 0. The number of aliphatic imine (C=N–C) groups is 1. The van der Waals surface area contributed by atoms with E-state index in [2.05, 4.69) is 18.5 Å². The Morgan fingerprint density at radius 1 is 1.58 bits per heavy atom. The Balaban J connectivity index is 3.85. The number of nitrogens with two attached hydrogens (primary N) is 1. The molecule has 12 heavy (non-hydrogen) atoms. The molecule has 0 aromatic heterocycles. The van der Waals surface area contributed by atoms with Crippen molar-refractivity contribution < 1.29 is 0 Å². The van der Waals surface area contributed by atoms with Gasteiger partial charge in [0.05, 0.1) is 0 Å². The average Bonchev–Trinajstić information content (AvgIpc) is 2.00. The molecule has 0 heterocycles. The smallest absolute Gasteiger partial charge is 0.117 e. The van der Waals surface area contributed by atoms with Gasteiger partial charge in [0.1, 0.15) is 12.2 Å². The molecule has 4 nitrogen and oxygen atoms in total. The van der Waals surface area contributed by atoms with Crippen LogP contribution >= 0.6 is 0 Å². The second-order valence-corrected chi connectivity index (χ2v) is 2.69. The summed E-state index contributed by atoms with van der Waals surface area (Å²) in [6.07, 6.45) is 2.76. The maximum atomic E-state index is 5.28. The Morgan fingerprint density at radius 3 is 2.58 bits per heavy atom. The molecule has 0 unspecified atom stereocenters. The lowest BCUT2D eigenvalue weighted by Crippen LogP contribution is -2.36. The number of rotatable bonds is 5. The molecule has 2 N–H and O–H groups in total. The van der Waals surface area contributed by atoms with Crippen LogP contribution in [-0.4, -0.2) is 37.0 Å². The van der Waals surface area contributed by atoms with E-state index in [0.29, 0.717) is 5.82 Å². The zero-order chi connectivity index (χ0) is 9.56. The SMILES string of the molecule is C=C(N)/N=C\N(C)N(C)CCC. The van der Waals surface area contributed by atoms with Crippen LogP contribution in [0.1, 0.15) is 13.3 Å². The molecule has 0 atom stereocenters. The zero-order valence-electron chi connectivity index (χ0n) is 8.12. The molecule has 0 fully saturated rings. The quantitative estimate of drug-likeness (QED) is 0.374. The van der Waals surface area contributed by atoms with Crippen molar-refractivity contribution in [2.75, 3.05) is 20.6 Å². The molecule has 0 radical (unpaired) electrons. The normalized spacial score (nSPS) is 11.0. The van der Waals surface area contributed by atoms with Crippen LogP contribution < -0.4 is 5.73 Å². The molecule has 0 spiro atoms. The highest BCUT2D eigenvalue weighted by Crippen LogP contribution is 1.90. The van der Waals surface area contributed by atoms with Gasteiger partial charge in [-0.3, -0.25) is 5.01 Å². The third kappa shape index (κ3) is 4.73. The standard InChI is InChI=1S/C8H18N4/c1-5-6-11(3)12(4)7-10-8(2)9/h7H,2,5-6,9H2,1,3-4H3/b10-7-. The fraction of sp³-hybridized carbons (Fsp3) is 0.625. The van der Waals surface area contributed by atoms with E-state index >= 15 is 0 Å². The maximum Gasteiger partial charge on any atom is 0.117 e. The Labute approximate surface area is 74.3 Å². The molecule has 0 aromatic rings. The molecule has 0 saturated carbocycles. The van der Waals surface area contributed by atoms with E-state index in [1.54, 1.807) is 6.34 Å². The van der Waals surface area contributed by atoms with Crippen molar-refractivity contribution in [3.63, 3.8) is 0 Å². The van der Waals surface area contributed by atoms with Gasteiger partial charge in [-0.05, 0) is 6.42 Å². The Hall–Kier alpha value is -1.03. The first-order chi connectivity index (χ1) is 5.57. The number of hydrazine groups is 1. The fourth-order valence-electron chi connectivity index (χ4n) is 0.727. The van der Waals surface area contributed by atoms with Crippen molar-refractivity contribution >= 4 is 6.34 Å². The monoisotopic (exact) mass is 170 g/mol. The van der Waals surface area contributed by atoms with Crippen molar-refractivity contribution in [3.05, 3.63) is 12.4 Å². The molecule has 0 aliphatic heterocycles. The summed E-state index contributed by atoms with van der Waals surface area (Å²) in [5.41, 5.74) is 5.28. The highest BCUT2D eigenvalue weighted by atomic mass is 15.6. The summed E-state index contributed by atoms with van der Waals surface area (Å²) in [5, 5.41) is 3.92. The molecule has 70 valence electrons. The van der Waals surface area contributed by atoms with Crippen LogP contribution in [0.4, 0.5) is 0 Å². The zero-order valence-corrected chi connectivity index (χ0v) is 8.12. The van der Waals surface area contributed by atoms with Gasteiger partial charge in [0, 0.05) is 20.6 Å². The minimum absolute atomic E-state index is 0.326. The van der Waals surface area contributed by atoms with Crippen molar-refractivity contribution in [2.45, 2.75) is 13.3 Å². The van der Waals surface area contributed by atoms with Crippen LogP contribution in [0.3, 0.4) is 0 Å². The lowest BCUT2D eigenvalue weighted by atomic mass is 10.5. The molecule has 0 saturated heterocycles. The summed E-state index contributed by atoms with van der Waals surface area (Å²) in [4.78, 5) is 3.87. The largest absolute Gasteiger partial charge is 0.384 e. The third-order valence-electron chi connectivity index (χ3n) is 1.48. The van der Waals surface area contributed by atoms with Gasteiger partial charge in [0.25, 0.3) is 0 Å². The van der Waals surface area contributed by atoms with E-state index in [4.69, 9.17) is 5.73 Å². The summed E-state index contributed by atoms with van der Waals surface area (Å²) in [6, 6.07) is 0. The highest BCUT2D eigenvalue weighted by molar-refractivity contribution is 5.55. The first kappa shape index (κ1) is 11.0. The van der Waals surface area contributed by atoms with Crippen LogP contribution in [0, 0.1) is 0 Å². The number of hydrogen-bond donors (Lipinski definition) is 1. The second kappa shape index (κ2) is 5.60. The number of hydrogen-bond acceptors (Lipinski definition) is 3. The molecular weight excluding hydrogens is 152 g/mol. The van der Waals surface area contributed by atoms with E-state index in [1.165, 1.54) is 0 Å². The average molecular weight is 170 g/mol. The summed E-state index contributed by atoms with van der Waals surface area (Å²) in [5.74, 6) is 0.326. The van der Waals surface area contributed by atoms with Crippen molar-refractivity contribution in [3.8, 4) is 0 Å². The van der Waals surface area contributed by atoms with Gasteiger partial charge in [-0.25, -0.2) is 10.0 Å². The van der Waals surface area contributed by atoms with E-state index in [1.807, 2.05) is 24.1 Å². The molecule has 0 amide bonds. The maximum absolute atomic E-state index is 5.28. The van der Waals surface area contributed by atoms with Gasteiger partial charge >= 0.3 is 0 Å². The first-order valence-corrected chi connectivity index (χ1v) is 4.00. The van der Waals surface area contributed by atoms with Crippen LogP contribution in [0.2, 0.25) is 0 Å². The lowest BCUT2D eigenvalue weighted by molar-refractivity contribution is 0.112.